The Morgan fingerprint density at radius 3 is 2.53 bits per heavy atom. The summed E-state index contributed by atoms with van der Waals surface area (Å²) in [5.74, 6) is 0.953. The molecule has 34 heavy (non-hydrogen) atoms. The summed E-state index contributed by atoms with van der Waals surface area (Å²) in [6.07, 6.45) is -1.24. The summed E-state index contributed by atoms with van der Waals surface area (Å²) in [7, 11) is 0. The first-order valence-corrected chi connectivity index (χ1v) is 10.4. The first kappa shape index (κ1) is 22.8. The molecule has 0 aromatic heterocycles. The molecule has 0 saturated carbocycles. The molecule has 2 unspecified atom stereocenters. The SMILES string of the molecule is N/N=C(/C(=O)Nc1cccc(Cl)c1)C(C(=O)c1ccc(O)cc1O)C1OC(=O)c2ccccc21. The van der Waals surface area contributed by atoms with Crippen molar-refractivity contribution in [3.8, 4) is 11.5 Å². The second kappa shape index (κ2) is 9.24. The van der Waals surface area contributed by atoms with Crippen LogP contribution >= 0.6 is 11.6 Å². The molecule has 0 spiro atoms. The Bertz CT molecular complexity index is 1340. The molecule has 2 atom stereocenters. The molecular weight excluding hydrogens is 462 g/mol. The molecule has 0 saturated heterocycles. The van der Waals surface area contributed by atoms with Crippen molar-refractivity contribution < 1.29 is 29.3 Å². The highest BCUT2D eigenvalue weighted by molar-refractivity contribution is 6.47. The van der Waals surface area contributed by atoms with Crippen LogP contribution in [0.3, 0.4) is 0 Å². The molecule has 4 rings (SSSR count). The van der Waals surface area contributed by atoms with Crippen LogP contribution in [0.2, 0.25) is 5.02 Å². The molecule has 3 aromatic carbocycles. The van der Waals surface area contributed by atoms with Gasteiger partial charge in [0.15, 0.2) is 5.78 Å². The number of amides is 1. The van der Waals surface area contributed by atoms with Crippen LogP contribution in [-0.2, 0) is 9.53 Å². The number of benzene rings is 3. The number of hydrogen-bond acceptors (Lipinski definition) is 8. The maximum Gasteiger partial charge on any atom is 0.339 e. The molecule has 5 N–H and O–H groups in total. The highest BCUT2D eigenvalue weighted by Gasteiger charge is 2.45. The molecule has 172 valence electrons. The highest BCUT2D eigenvalue weighted by atomic mass is 35.5. The summed E-state index contributed by atoms with van der Waals surface area (Å²) in [4.78, 5) is 39.2. The molecule has 1 amide bonds. The van der Waals surface area contributed by atoms with Gasteiger partial charge in [0.05, 0.1) is 11.1 Å². The summed E-state index contributed by atoms with van der Waals surface area (Å²) >= 11 is 5.97. The standard InChI is InChI=1S/C24H18ClN3O6/c25-12-4-3-5-13(10-12)27-23(32)20(28-26)19(21(31)17-9-8-14(29)11-18(17)30)22-15-6-1-2-7-16(15)24(33)34-22/h1-11,19,22,29-30H,26H2,(H,27,32)/b28-20+. The molecule has 0 fully saturated rings. The van der Waals surface area contributed by atoms with Crippen molar-refractivity contribution in [3.63, 3.8) is 0 Å². The van der Waals surface area contributed by atoms with Gasteiger partial charge in [-0.1, -0.05) is 35.9 Å². The Hall–Kier alpha value is -4.37. The maximum absolute atomic E-state index is 13.6. The fraction of sp³-hybridized carbons (Fsp3) is 0.0833. The number of nitrogens with one attached hydrogen (secondary N) is 1. The number of rotatable bonds is 6. The lowest BCUT2D eigenvalue weighted by Crippen LogP contribution is -2.39. The fourth-order valence-corrected chi connectivity index (χ4v) is 3.95. The Kier molecular flexibility index (Phi) is 6.20. The zero-order valence-corrected chi connectivity index (χ0v) is 18.2. The van der Waals surface area contributed by atoms with Gasteiger partial charge >= 0.3 is 5.97 Å². The average molecular weight is 480 g/mol. The number of cyclic esters (lactones) is 1. The zero-order valence-electron chi connectivity index (χ0n) is 17.4. The number of esters is 1. The van der Waals surface area contributed by atoms with Crippen molar-refractivity contribution >= 4 is 40.7 Å². The van der Waals surface area contributed by atoms with Gasteiger partial charge in [0.25, 0.3) is 5.91 Å². The lowest BCUT2D eigenvalue weighted by Gasteiger charge is -2.23. The van der Waals surface area contributed by atoms with Gasteiger partial charge in [0, 0.05) is 22.3 Å². The van der Waals surface area contributed by atoms with Crippen molar-refractivity contribution in [2.75, 3.05) is 5.32 Å². The van der Waals surface area contributed by atoms with Crippen LogP contribution in [0.5, 0.6) is 11.5 Å². The minimum atomic E-state index is -1.51. The van der Waals surface area contributed by atoms with Gasteiger partial charge in [0.1, 0.15) is 29.2 Å². The molecule has 3 aromatic rings. The number of hydrazone groups is 1. The second-order valence-electron chi connectivity index (χ2n) is 7.44. The van der Waals surface area contributed by atoms with Crippen molar-refractivity contribution in [2.24, 2.45) is 16.9 Å². The number of phenolic OH excluding ortho intramolecular Hbond substituents is 2. The highest BCUT2D eigenvalue weighted by Crippen LogP contribution is 2.39. The van der Waals surface area contributed by atoms with E-state index < -0.39 is 41.1 Å². The number of fused-ring (bicyclic) bond motifs is 1. The summed E-state index contributed by atoms with van der Waals surface area (Å²) in [5, 5.41) is 26.4. The second-order valence-corrected chi connectivity index (χ2v) is 7.87. The molecular formula is C24H18ClN3O6. The van der Waals surface area contributed by atoms with E-state index >= 15 is 0 Å². The van der Waals surface area contributed by atoms with Crippen LogP contribution in [0.15, 0.2) is 71.8 Å². The van der Waals surface area contributed by atoms with Gasteiger partial charge in [-0.15, -0.1) is 0 Å². The number of aromatic hydroxyl groups is 2. The summed E-state index contributed by atoms with van der Waals surface area (Å²) in [6.45, 7) is 0. The van der Waals surface area contributed by atoms with Crippen LogP contribution in [0.25, 0.3) is 0 Å². The molecule has 1 heterocycles. The van der Waals surface area contributed by atoms with E-state index in [1.54, 1.807) is 36.4 Å². The Morgan fingerprint density at radius 1 is 1.06 bits per heavy atom. The lowest BCUT2D eigenvalue weighted by molar-refractivity contribution is -0.110. The maximum atomic E-state index is 13.6. The normalized spacial score (nSPS) is 15.9. The summed E-state index contributed by atoms with van der Waals surface area (Å²) < 4.78 is 5.47. The van der Waals surface area contributed by atoms with E-state index in [9.17, 15) is 24.6 Å². The van der Waals surface area contributed by atoms with Gasteiger partial charge in [-0.25, -0.2) is 4.79 Å². The molecule has 1 aliphatic heterocycles. The van der Waals surface area contributed by atoms with Gasteiger partial charge < -0.3 is 26.1 Å². The van der Waals surface area contributed by atoms with E-state index in [1.807, 2.05) is 0 Å². The molecule has 0 radical (unpaired) electrons. The first-order valence-electron chi connectivity index (χ1n) is 10.0. The zero-order chi connectivity index (χ0) is 24.4. The number of ether oxygens (including phenoxy) is 1. The number of ketones is 1. The minimum absolute atomic E-state index is 0.222. The number of hydrogen-bond donors (Lipinski definition) is 4. The Morgan fingerprint density at radius 2 is 1.82 bits per heavy atom. The summed E-state index contributed by atoms with van der Waals surface area (Å²) in [5.41, 5.74) is 0.251. The number of anilines is 1. The molecule has 0 bridgehead atoms. The third-order valence-corrected chi connectivity index (χ3v) is 5.54. The van der Waals surface area contributed by atoms with Crippen LogP contribution in [0, 0.1) is 5.92 Å². The van der Waals surface area contributed by atoms with Gasteiger partial charge in [-0.05, 0) is 36.4 Å². The molecule has 9 nitrogen and oxygen atoms in total. The molecule has 0 aliphatic carbocycles. The third-order valence-electron chi connectivity index (χ3n) is 5.30. The number of phenols is 2. The predicted molar refractivity (Wildman–Crippen MR) is 124 cm³/mol. The smallest absolute Gasteiger partial charge is 0.339 e. The monoisotopic (exact) mass is 479 g/mol. The molecule has 10 heteroatoms. The fourth-order valence-electron chi connectivity index (χ4n) is 3.76. The van der Waals surface area contributed by atoms with E-state index in [4.69, 9.17) is 22.2 Å². The number of carbonyl (C=O) groups excluding carboxylic acids is 3. The van der Waals surface area contributed by atoms with Crippen LogP contribution in [0.1, 0.15) is 32.4 Å². The van der Waals surface area contributed by atoms with Crippen LogP contribution < -0.4 is 11.2 Å². The number of nitrogens with two attached hydrogens (primary N) is 1. The van der Waals surface area contributed by atoms with Crippen molar-refractivity contribution in [2.45, 2.75) is 6.10 Å². The first-order chi connectivity index (χ1) is 16.3. The summed E-state index contributed by atoms with van der Waals surface area (Å²) in [6, 6.07) is 16.1. The Labute approximate surface area is 198 Å². The quantitative estimate of drug-likeness (QED) is 0.139. The van der Waals surface area contributed by atoms with E-state index in [0.717, 1.165) is 6.07 Å². The van der Waals surface area contributed by atoms with Crippen LogP contribution in [0.4, 0.5) is 5.69 Å². The van der Waals surface area contributed by atoms with Gasteiger partial charge in [-0.3, -0.25) is 9.59 Å². The van der Waals surface area contributed by atoms with Crippen molar-refractivity contribution in [1.82, 2.24) is 0 Å². The topological polar surface area (TPSA) is 151 Å². The average Bonchev–Trinajstić information content (AvgIpc) is 3.13. The third kappa shape index (κ3) is 4.28. The number of halogens is 1. The number of carbonyl (C=O) groups is 3. The lowest BCUT2D eigenvalue weighted by atomic mass is 9.84. The Balaban J connectivity index is 1.79. The number of nitrogens with zero attached hydrogens (tertiary/aromatic N) is 1. The largest absolute Gasteiger partial charge is 0.508 e. The van der Waals surface area contributed by atoms with Gasteiger partial charge in [0.2, 0.25) is 0 Å². The number of Topliss-reactive ketones (excluding diaryl/α,β-unsaturated/α-hetero) is 1. The van der Waals surface area contributed by atoms with E-state index in [2.05, 4.69) is 10.4 Å². The van der Waals surface area contributed by atoms with E-state index in [0.29, 0.717) is 16.3 Å². The predicted octanol–water partition coefficient (Wildman–Crippen LogP) is 3.42. The molecule has 1 aliphatic rings. The van der Waals surface area contributed by atoms with Crippen LogP contribution in [-0.4, -0.2) is 33.6 Å². The minimum Gasteiger partial charge on any atom is -0.508 e. The van der Waals surface area contributed by atoms with E-state index in [1.165, 1.54) is 24.3 Å². The van der Waals surface area contributed by atoms with Gasteiger partial charge in [-0.2, -0.15) is 5.10 Å². The van der Waals surface area contributed by atoms with E-state index in [-0.39, 0.29) is 16.9 Å². The van der Waals surface area contributed by atoms with Crippen molar-refractivity contribution in [3.05, 3.63) is 88.4 Å². The van der Waals surface area contributed by atoms with Crippen molar-refractivity contribution in [1.29, 1.82) is 0 Å².